The fourth-order valence-corrected chi connectivity index (χ4v) is 3.86. The third kappa shape index (κ3) is 4.38. The second-order valence-corrected chi connectivity index (χ2v) is 7.62. The summed E-state index contributed by atoms with van der Waals surface area (Å²) in [6, 6.07) is 14.2. The number of carbonyl (C=O) groups is 2. The van der Waals surface area contributed by atoms with Gasteiger partial charge in [-0.3, -0.25) is 14.5 Å². The average molecular weight is 408 g/mol. The van der Waals surface area contributed by atoms with Crippen molar-refractivity contribution in [3.63, 3.8) is 0 Å². The molecule has 1 heterocycles. The van der Waals surface area contributed by atoms with Crippen molar-refractivity contribution in [3.05, 3.63) is 58.6 Å². The first-order valence-corrected chi connectivity index (χ1v) is 9.40. The molecule has 1 N–H and O–H groups in total. The Hall–Kier alpha value is -2.02. The van der Waals surface area contributed by atoms with Gasteiger partial charge in [0, 0.05) is 18.5 Å². The van der Waals surface area contributed by atoms with E-state index >= 15 is 0 Å². The molecule has 0 spiro atoms. The van der Waals surface area contributed by atoms with Crippen LogP contribution < -0.4 is 5.32 Å². The van der Waals surface area contributed by atoms with Crippen LogP contribution in [0.4, 0.5) is 11.4 Å². The van der Waals surface area contributed by atoms with Crippen LogP contribution in [0.2, 0.25) is 10.0 Å². The van der Waals surface area contributed by atoms with E-state index in [-0.39, 0.29) is 18.2 Å². The molecule has 2 aromatic rings. The highest BCUT2D eigenvalue weighted by Crippen LogP contribution is 2.31. The summed E-state index contributed by atoms with van der Waals surface area (Å²) in [7, 11) is 1.66. The topological polar surface area (TPSA) is 61.8 Å². The zero-order valence-corrected chi connectivity index (χ0v) is 16.1. The van der Waals surface area contributed by atoms with Crippen molar-refractivity contribution in [2.24, 2.45) is 4.99 Å². The van der Waals surface area contributed by atoms with E-state index < -0.39 is 5.25 Å². The van der Waals surface area contributed by atoms with Crippen LogP contribution in [0.3, 0.4) is 0 Å². The molecule has 0 bridgehead atoms. The molecule has 0 radical (unpaired) electrons. The minimum atomic E-state index is -0.527. The minimum absolute atomic E-state index is 0.0183. The summed E-state index contributed by atoms with van der Waals surface area (Å²) in [4.78, 5) is 30.7. The van der Waals surface area contributed by atoms with Gasteiger partial charge in [0.15, 0.2) is 5.17 Å². The zero-order valence-electron chi connectivity index (χ0n) is 13.8. The van der Waals surface area contributed by atoms with Crippen molar-refractivity contribution in [1.82, 2.24) is 4.90 Å². The van der Waals surface area contributed by atoms with E-state index in [2.05, 4.69) is 10.3 Å². The number of carbonyl (C=O) groups excluding carboxylic acids is 2. The summed E-state index contributed by atoms with van der Waals surface area (Å²) in [5.41, 5.74) is 1.18. The lowest BCUT2D eigenvalue weighted by Gasteiger charge is -2.10. The van der Waals surface area contributed by atoms with Crippen molar-refractivity contribution >= 4 is 63.3 Å². The number of para-hydroxylation sites is 1. The van der Waals surface area contributed by atoms with Gasteiger partial charge in [-0.15, -0.1) is 0 Å². The minimum Gasteiger partial charge on any atom is -0.325 e. The Bertz CT molecular complexity index is 874. The van der Waals surface area contributed by atoms with Crippen LogP contribution in [0.1, 0.15) is 6.42 Å². The Morgan fingerprint density at radius 1 is 1.23 bits per heavy atom. The van der Waals surface area contributed by atoms with E-state index in [1.54, 1.807) is 25.2 Å². The number of hydrogen-bond donors (Lipinski definition) is 1. The Kier molecular flexibility index (Phi) is 5.86. The number of hydrogen-bond acceptors (Lipinski definition) is 4. The van der Waals surface area contributed by atoms with Crippen molar-refractivity contribution in [2.75, 3.05) is 12.4 Å². The molecule has 3 rings (SSSR count). The van der Waals surface area contributed by atoms with E-state index in [4.69, 9.17) is 23.2 Å². The number of benzene rings is 2. The number of amidine groups is 1. The molecule has 0 aliphatic carbocycles. The second-order valence-electron chi connectivity index (χ2n) is 5.61. The quantitative estimate of drug-likeness (QED) is 0.806. The maximum absolute atomic E-state index is 12.4. The monoisotopic (exact) mass is 407 g/mol. The van der Waals surface area contributed by atoms with Crippen LogP contribution in [0, 0.1) is 0 Å². The molecule has 134 valence electrons. The van der Waals surface area contributed by atoms with Gasteiger partial charge in [-0.2, -0.15) is 0 Å². The van der Waals surface area contributed by atoms with Gasteiger partial charge >= 0.3 is 0 Å². The molecule has 1 atom stereocenters. The van der Waals surface area contributed by atoms with E-state index in [9.17, 15) is 9.59 Å². The predicted octanol–water partition coefficient (Wildman–Crippen LogP) is 4.58. The Morgan fingerprint density at radius 2 is 1.96 bits per heavy atom. The third-order valence-electron chi connectivity index (χ3n) is 3.69. The maximum Gasteiger partial charge on any atom is 0.242 e. The molecule has 5 nitrogen and oxygen atoms in total. The van der Waals surface area contributed by atoms with Gasteiger partial charge in [-0.1, -0.05) is 53.2 Å². The summed E-state index contributed by atoms with van der Waals surface area (Å²) < 4.78 is 0. The first kappa shape index (κ1) is 18.8. The first-order valence-electron chi connectivity index (χ1n) is 7.77. The van der Waals surface area contributed by atoms with Gasteiger partial charge < -0.3 is 5.32 Å². The van der Waals surface area contributed by atoms with Crippen molar-refractivity contribution < 1.29 is 9.59 Å². The molecular weight excluding hydrogens is 393 g/mol. The molecule has 26 heavy (non-hydrogen) atoms. The van der Waals surface area contributed by atoms with Crippen LogP contribution in [0.15, 0.2) is 53.5 Å². The molecule has 1 saturated heterocycles. The summed E-state index contributed by atoms with van der Waals surface area (Å²) in [6.07, 6.45) is 0.0183. The van der Waals surface area contributed by atoms with Gasteiger partial charge in [0.2, 0.25) is 11.8 Å². The van der Waals surface area contributed by atoms with Gasteiger partial charge in [0.05, 0.1) is 16.4 Å². The zero-order chi connectivity index (χ0) is 18.7. The van der Waals surface area contributed by atoms with E-state index in [1.165, 1.54) is 16.7 Å². The van der Waals surface area contributed by atoms with E-state index in [0.29, 0.717) is 20.9 Å². The Balaban J connectivity index is 1.68. The molecule has 2 amide bonds. The van der Waals surface area contributed by atoms with E-state index in [0.717, 1.165) is 5.69 Å². The number of thioether (sulfide) groups is 1. The van der Waals surface area contributed by atoms with Crippen molar-refractivity contribution in [2.45, 2.75) is 11.7 Å². The third-order valence-corrected chi connectivity index (χ3v) is 5.49. The molecular formula is C18H15Cl2N3O2S. The SMILES string of the molecule is CN1C(=O)[C@H](CC(=O)Nc2cc(Cl)ccc2Cl)SC1=Nc1ccccc1. The van der Waals surface area contributed by atoms with Crippen molar-refractivity contribution in [1.29, 1.82) is 0 Å². The summed E-state index contributed by atoms with van der Waals surface area (Å²) in [5.74, 6) is -0.466. The Morgan fingerprint density at radius 3 is 2.69 bits per heavy atom. The van der Waals surface area contributed by atoms with Crippen LogP contribution in [-0.2, 0) is 9.59 Å². The molecule has 0 aromatic heterocycles. The highest BCUT2D eigenvalue weighted by Gasteiger charge is 2.37. The molecule has 1 aliphatic rings. The maximum atomic E-state index is 12.4. The first-order chi connectivity index (χ1) is 12.4. The fraction of sp³-hybridized carbons (Fsp3) is 0.167. The Labute approximate surface area is 165 Å². The smallest absolute Gasteiger partial charge is 0.242 e. The van der Waals surface area contributed by atoms with Crippen LogP contribution in [-0.4, -0.2) is 34.2 Å². The fourth-order valence-electron chi connectivity index (χ4n) is 2.37. The van der Waals surface area contributed by atoms with Gasteiger partial charge in [0.25, 0.3) is 0 Å². The number of nitrogens with zero attached hydrogens (tertiary/aromatic N) is 2. The lowest BCUT2D eigenvalue weighted by atomic mass is 10.2. The largest absolute Gasteiger partial charge is 0.325 e. The van der Waals surface area contributed by atoms with Gasteiger partial charge in [-0.05, 0) is 30.3 Å². The molecule has 0 saturated carbocycles. The number of nitrogens with one attached hydrogen (secondary N) is 1. The lowest BCUT2D eigenvalue weighted by molar-refractivity contribution is -0.127. The number of rotatable bonds is 4. The second kappa shape index (κ2) is 8.12. The number of anilines is 1. The molecule has 2 aromatic carbocycles. The number of amides is 2. The van der Waals surface area contributed by atoms with Gasteiger partial charge in [-0.25, -0.2) is 4.99 Å². The standard InChI is InChI=1S/C18H15Cl2N3O2S/c1-23-17(25)15(26-18(23)21-12-5-3-2-4-6-12)10-16(24)22-14-9-11(19)7-8-13(14)20/h2-9,15H,10H2,1H3,(H,22,24)/t15-/m0/s1. The predicted molar refractivity (Wildman–Crippen MR) is 107 cm³/mol. The van der Waals surface area contributed by atoms with Crippen molar-refractivity contribution in [3.8, 4) is 0 Å². The summed E-state index contributed by atoms with van der Waals surface area (Å²) in [5, 5.41) is 3.59. The average Bonchev–Trinajstić information content (AvgIpc) is 2.87. The normalized spacial score (nSPS) is 18.4. The molecule has 0 unspecified atom stereocenters. The summed E-state index contributed by atoms with van der Waals surface area (Å²) >= 11 is 13.2. The summed E-state index contributed by atoms with van der Waals surface area (Å²) in [6.45, 7) is 0. The highest BCUT2D eigenvalue weighted by atomic mass is 35.5. The van der Waals surface area contributed by atoms with E-state index in [1.807, 2.05) is 30.3 Å². The number of aliphatic imine (C=N–C) groups is 1. The lowest BCUT2D eigenvalue weighted by Crippen LogP contribution is -2.30. The molecule has 1 aliphatic heterocycles. The van der Waals surface area contributed by atoms with Crippen LogP contribution in [0.5, 0.6) is 0 Å². The van der Waals surface area contributed by atoms with Crippen LogP contribution >= 0.6 is 35.0 Å². The number of halogens is 2. The molecule has 8 heteroatoms. The molecule has 1 fully saturated rings. The van der Waals surface area contributed by atoms with Crippen LogP contribution in [0.25, 0.3) is 0 Å². The van der Waals surface area contributed by atoms with Gasteiger partial charge in [0.1, 0.15) is 5.25 Å². The highest BCUT2D eigenvalue weighted by molar-refractivity contribution is 8.15.